The first-order chi connectivity index (χ1) is 13.1. The van der Waals surface area contributed by atoms with Crippen LogP contribution in [-0.4, -0.2) is 22.6 Å². The van der Waals surface area contributed by atoms with Crippen molar-refractivity contribution in [1.82, 2.24) is 9.55 Å². The maximum atomic E-state index is 13.4. The van der Waals surface area contributed by atoms with Gasteiger partial charge in [-0.25, -0.2) is 4.98 Å². The molecule has 0 bridgehead atoms. The fourth-order valence-corrected chi connectivity index (χ4v) is 5.02. The average Bonchev–Trinajstić information content (AvgIpc) is 3.23. The monoisotopic (exact) mass is 382 g/mol. The standard InChI is InChI=1S/C21H22N2O3S/c1-13-6-3-7-14(12-13)19-22-20-18(15-8-4-9-16(15)27-20)21(25)23(19)11-5-10-17(24)26-2/h3,6-7,12H,4-5,8-11H2,1-2H3. The zero-order chi connectivity index (χ0) is 19.0. The molecule has 4 rings (SSSR count). The van der Waals surface area contributed by atoms with Crippen LogP contribution in [-0.2, 0) is 28.9 Å². The summed E-state index contributed by atoms with van der Waals surface area (Å²) in [7, 11) is 1.38. The van der Waals surface area contributed by atoms with E-state index in [9.17, 15) is 9.59 Å². The lowest BCUT2D eigenvalue weighted by molar-refractivity contribution is -0.140. The first kappa shape index (κ1) is 17.9. The molecule has 0 aliphatic heterocycles. The maximum absolute atomic E-state index is 13.4. The minimum atomic E-state index is -0.259. The van der Waals surface area contributed by atoms with Gasteiger partial charge < -0.3 is 4.74 Å². The van der Waals surface area contributed by atoms with Gasteiger partial charge in [0.1, 0.15) is 10.7 Å². The number of esters is 1. The molecule has 27 heavy (non-hydrogen) atoms. The molecule has 0 radical (unpaired) electrons. The number of aromatic nitrogens is 2. The van der Waals surface area contributed by atoms with Crippen LogP contribution in [0, 0.1) is 6.92 Å². The molecule has 3 aromatic rings. The number of aryl methyl sites for hydroxylation is 3. The van der Waals surface area contributed by atoms with Crippen LogP contribution in [0.2, 0.25) is 0 Å². The summed E-state index contributed by atoms with van der Waals surface area (Å²) in [5.74, 6) is 0.423. The van der Waals surface area contributed by atoms with Crippen LogP contribution in [0.25, 0.3) is 21.6 Å². The van der Waals surface area contributed by atoms with Crippen molar-refractivity contribution in [1.29, 1.82) is 0 Å². The number of rotatable bonds is 5. The third-order valence-electron chi connectivity index (χ3n) is 5.09. The van der Waals surface area contributed by atoms with Gasteiger partial charge in [0.05, 0.1) is 12.5 Å². The van der Waals surface area contributed by atoms with Crippen molar-refractivity contribution in [2.24, 2.45) is 0 Å². The first-order valence-electron chi connectivity index (χ1n) is 9.27. The Morgan fingerprint density at radius 2 is 2.19 bits per heavy atom. The molecule has 1 aliphatic rings. The number of benzene rings is 1. The van der Waals surface area contributed by atoms with Gasteiger partial charge in [0.15, 0.2) is 0 Å². The highest BCUT2D eigenvalue weighted by Gasteiger charge is 2.23. The Morgan fingerprint density at radius 1 is 1.33 bits per heavy atom. The van der Waals surface area contributed by atoms with Crippen LogP contribution in [0.15, 0.2) is 29.1 Å². The molecular formula is C21H22N2O3S. The molecule has 0 saturated carbocycles. The van der Waals surface area contributed by atoms with Crippen LogP contribution >= 0.6 is 11.3 Å². The number of ether oxygens (including phenoxy) is 1. The molecule has 0 spiro atoms. The van der Waals surface area contributed by atoms with Crippen LogP contribution in [0.5, 0.6) is 0 Å². The molecule has 140 valence electrons. The summed E-state index contributed by atoms with van der Waals surface area (Å²) < 4.78 is 6.47. The number of carbonyl (C=O) groups is 1. The van der Waals surface area contributed by atoms with Gasteiger partial charge in [-0.05, 0) is 44.2 Å². The van der Waals surface area contributed by atoms with Gasteiger partial charge in [-0.1, -0.05) is 23.8 Å². The van der Waals surface area contributed by atoms with E-state index in [1.807, 2.05) is 31.2 Å². The molecule has 1 aliphatic carbocycles. The summed E-state index contributed by atoms with van der Waals surface area (Å²) in [6.07, 6.45) is 3.94. The largest absolute Gasteiger partial charge is 0.469 e. The van der Waals surface area contributed by atoms with Crippen LogP contribution in [0.1, 0.15) is 35.3 Å². The Hall–Kier alpha value is -2.47. The van der Waals surface area contributed by atoms with E-state index in [-0.39, 0.29) is 17.9 Å². The third-order valence-corrected chi connectivity index (χ3v) is 6.28. The number of hydrogen-bond donors (Lipinski definition) is 0. The molecule has 2 heterocycles. The molecule has 0 amide bonds. The molecule has 0 saturated heterocycles. The van der Waals surface area contributed by atoms with Crippen molar-refractivity contribution in [3.05, 3.63) is 50.6 Å². The molecule has 0 unspecified atom stereocenters. The Balaban J connectivity index is 1.85. The molecule has 1 aromatic carbocycles. The van der Waals surface area contributed by atoms with Gasteiger partial charge in [0.25, 0.3) is 5.56 Å². The van der Waals surface area contributed by atoms with E-state index in [1.54, 1.807) is 15.9 Å². The van der Waals surface area contributed by atoms with Crippen molar-refractivity contribution in [2.75, 3.05) is 7.11 Å². The molecule has 2 aromatic heterocycles. The number of methoxy groups -OCH3 is 1. The molecule has 6 heteroatoms. The molecule has 0 fully saturated rings. The predicted molar refractivity (Wildman–Crippen MR) is 107 cm³/mol. The van der Waals surface area contributed by atoms with Gasteiger partial charge >= 0.3 is 5.97 Å². The molecular weight excluding hydrogens is 360 g/mol. The van der Waals surface area contributed by atoms with Gasteiger partial charge in [-0.3, -0.25) is 14.2 Å². The number of thiophene rings is 1. The fourth-order valence-electron chi connectivity index (χ4n) is 3.77. The summed E-state index contributed by atoms with van der Waals surface area (Å²) in [5, 5.41) is 0.780. The summed E-state index contributed by atoms with van der Waals surface area (Å²) in [5.41, 5.74) is 3.25. The van der Waals surface area contributed by atoms with E-state index in [4.69, 9.17) is 9.72 Å². The van der Waals surface area contributed by atoms with Crippen LogP contribution in [0.3, 0.4) is 0 Å². The van der Waals surface area contributed by atoms with Crippen LogP contribution < -0.4 is 5.56 Å². The Bertz CT molecular complexity index is 1080. The van der Waals surface area contributed by atoms with E-state index in [0.29, 0.717) is 18.8 Å². The molecule has 0 N–H and O–H groups in total. The Labute approximate surface area is 161 Å². The number of nitrogens with zero attached hydrogens (tertiary/aromatic N) is 2. The molecule has 5 nitrogen and oxygen atoms in total. The lowest BCUT2D eigenvalue weighted by Gasteiger charge is -2.13. The quantitative estimate of drug-likeness (QED) is 0.629. The summed E-state index contributed by atoms with van der Waals surface area (Å²) in [6.45, 7) is 2.48. The van der Waals surface area contributed by atoms with E-state index >= 15 is 0 Å². The van der Waals surface area contributed by atoms with E-state index in [0.717, 1.165) is 40.6 Å². The zero-order valence-electron chi connectivity index (χ0n) is 15.6. The normalized spacial score (nSPS) is 13.1. The predicted octanol–water partition coefficient (Wildman–Crippen LogP) is 3.88. The van der Waals surface area contributed by atoms with Crippen LogP contribution in [0.4, 0.5) is 0 Å². The topological polar surface area (TPSA) is 61.2 Å². The van der Waals surface area contributed by atoms with Crippen molar-refractivity contribution in [2.45, 2.75) is 45.6 Å². The third kappa shape index (κ3) is 3.30. The van der Waals surface area contributed by atoms with Gasteiger partial charge in [-0.15, -0.1) is 11.3 Å². The fraction of sp³-hybridized carbons (Fsp3) is 0.381. The highest BCUT2D eigenvalue weighted by Crippen LogP contribution is 2.35. The smallest absolute Gasteiger partial charge is 0.305 e. The Morgan fingerprint density at radius 3 is 2.96 bits per heavy atom. The second-order valence-electron chi connectivity index (χ2n) is 6.98. The first-order valence-corrected chi connectivity index (χ1v) is 10.1. The SMILES string of the molecule is COC(=O)CCCn1c(-c2cccc(C)c2)nc2sc3c(c2c1=O)CCC3. The second kappa shape index (κ2) is 7.27. The van der Waals surface area contributed by atoms with Crippen molar-refractivity contribution >= 4 is 27.5 Å². The van der Waals surface area contributed by atoms with Gasteiger partial charge in [0.2, 0.25) is 0 Å². The van der Waals surface area contributed by atoms with Gasteiger partial charge in [-0.2, -0.15) is 0 Å². The summed E-state index contributed by atoms with van der Waals surface area (Å²) in [6, 6.07) is 8.04. The highest BCUT2D eigenvalue weighted by molar-refractivity contribution is 7.18. The van der Waals surface area contributed by atoms with E-state index in [2.05, 4.69) is 0 Å². The number of carbonyl (C=O) groups excluding carboxylic acids is 1. The van der Waals surface area contributed by atoms with Gasteiger partial charge in [0, 0.05) is 23.4 Å². The molecule has 0 atom stereocenters. The number of hydrogen-bond acceptors (Lipinski definition) is 5. The van der Waals surface area contributed by atoms with Crippen molar-refractivity contribution in [3.63, 3.8) is 0 Å². The van der Waals surface area contributed by atoms with Crippen molar-refractivity contribution < 1.29 is 9.53 Å². The minimum Gasteiger partial charge on any atom is -0.469 e. The zero-order valence-corrected chi connectivity index (χ0v) is 16.4. The van der Waals surface area contributed by atoms with E-state index in [1.165, 1.54) is 17.6 Å². The minimum absolute atomic E-state index is 0.0146. The number of fused-ring (bicyclic) bond motifs is 3. The average molecular weight is 382 g/mol. The Kier molecular flexibility index (Phi) is 4.83. The summed E-state index contributed by atoms with van der Waals surface area (Å²) in [4.78, 5) is 31.9. The lowest BCUT2D eigenvalue weighted by Crippen LogP contribution is -2.24. The maximum Gasteiger partial charge on any atom is 0.305 e. The highest BCUT2D eigenvalue weighted by atomic mass is 32.1. The van der Waals surface area contributed by atoms with E-state index < -0.39 is 0 Å². The summed E-state index contributed by atoms with van der Waals surface area (Å²) >= 11 is 1.66. The second-order valence-corrected chi connectivity index (χ2v) is 8.06. The van der Waals surface area contributed by atoms with Crippen molar-refractivity contribution in [3.8, 4) is 11.4 Å². The lowest BCUT2D eigenvalue weighted by atomic mass is 10.1.